The lowest BCUT2D eigenvalue weighted by Gasteiger charge is -2.35. The van der Waals surface area contributed by atoms with Gasteiger partial charge in [-0.25, -0.2) is 0 Å². The molecule has 120 valence electrons. The molecule has 0 aliphatic heterocycles. The second kappa shape index (κ2) is 7.35. The van der Waals surface area contributed by atoms with Crippen molar-refractivity contribution in [1.82, 2.24) is 0 Å². The number of hydrogen-bond acceptors (Lipinski definition) is 1. The molecule has 0 saturated heterocycles. The fourth-order valence-corrected chi connectivity index (χ4v) is 4.42. The Labute approximate surface area is 135 Å². The molecular formula is C21H30O. The van der Waals surface area contributed by atoms with Crippen molar-refractivity contribution in [3.8, 4) is 5.75 Å². The van der Waals surface area contributed by atoms with Crippen LogP contribution in [0.25, 0.3) is 5.57 Å². The topological polar surface area (TPSA) is 9.23 Å². The van der Waals surface area contributed by atoms with Crippen molar-refractivity contribution in [2.75, 3.05) is 7.11 Å². The fourth-order valence-electron chi connectivity index (χ4n) is 4.42. The number of methoxy groups -OCH3 is 1. The van der Waals surface area contributed by atoms with E-state index in [0.29, 0.717) is 0 Å². The van der Waals surface area contributed by atoms with Gasteiger partial charge in [-0.1, -0.05) is 44.4 Å². The summed E-state index contributed by atoms with van der Waals surface area (Å²) < 4.78 is 5.25. The number of hydrogen-bond donors (Lipinski definition) is 0. The molecule has 1 aromatic rings. The van der Waals surface area contributed by atoms with Crippen molar-refractivity contribution in [1.29, 1.82) is 0 Å². The third-order valence-electron chi connectivity index (χ3n) is 6.05. The Morgan fingerprint density at radius 3 is 2.23 bits per heavy atom. The second-order valence-electron chi connectivity index (χ2n) is 7.18. The Bertz CT molecular complexity index is 491. The predicted molar refractivity (Wildman–Crippen MR) is 94.1 cm³/mol. The first-order valence-corrected chi connectivity index (χ1v) is 9.13. The largest absolute Gasteiger partial charge is 0.497 e. The van der Waals surface area contributed by atoms with Gasteiger partial charge in [0.2, 0.25) is 0 Å². The van der Waals surface area contributed by atoms with Crippen LogP contribution in [0.15, 0.2) is 30.3 Å². The summed E-state index contributed by atoms with van der Waals surface area (Å²) >= 11 is 0. The third kappa shape index (κ3) is 3.56. The van der Waals surface area contributed by atoms with Crippen LogP contribution in [0.4, 0.5) is 0 Å². The molecule has 1 atom stereocenters. The normalized spacial score (nSPS) is 29.0. The fraction of sp³-hybridized carbons (Fsp3) is 0.619. The number of allylic oxidation sites excluding steroid dienone is 2. The van der Waals surface area contributed by atoms with Gasteiger partial charge in [0.15, 0.2) is 0 Å². The van der Waals surface area contributed by atoms with Crippen molar-refractivity contribution in [2.45, 2.75) is 58.3 Å². The van der Waals surface area contributed by atoms with Gasteiger partial charge in [-0.15, -0.1) is 0 Å². The maximum atomic E-state index is 5.25. The Hall–Kier alpha value is -1.24. The van der Waals surface area contributed by atoms with Crippen molar-refractivity contribution in [3.63, 3.8) is 0 Å². The standard InChI is InChI=1S/C21H30O/c1-3-16-4-6-17(7-5-16)18-8-10-19(11-9-18)20-12-14-21(22-2)15-13-20/h10,12-18H,3-9,11H2,1-2H3/t16-,17-,18?. The summed E-state index contributed by atoms with van der Waals surface area (Å²) in [7, 11) is 1.73. The van der Waals surface area contributed by atoms with Crippen LogP contribution in [-0.2, 0) is 0 Å². The van der Waals surface area contributed by atoms with E-state index < -0.39 is 0 Å². The summed E-state index contributed by atoms with van der Waals surface area (Å²) in [5, 5.41) is 0. The van der Waals surface area contributed by atoms with E-state index in [4.69, 9.17) is 4.74 Å². The third-order valence-corrected chi connectivity index (χ3v) is 6.05. The summed E-state index contributed by atoms with van der Waals surface area (Å²) in [5.74, 6) is 3.91. The van der Waals surface area contributed by atoms with Crippen LogP contribution in [0, 0.1) is 17.8 Å². The van der Waals surface area contributed by atoms with Gasteiger partial charge in [0, 0.05) is 0 Å². The van der Waals surface area contributed by atoms with E-state index in [1.807, 2.05) is 0 Å². The van der Waals surface area contributed by atoms with Gasteiger partial charge in [0.25, 0.3) is 0 Å². The Balaban J connectivity index is 1.57. The van der Waals surface area contributed by atoms with Gasteiger partial charge in [-0.2, -0.15) is 0 Å². The van der Waals surface area contributed by atoms with Gasteiger partial charge >= 0.3 is 0 Å². The molecule has 1 saturated carbocycles. The highest BCUT2D eigenvalue weighted by Crippen LogP contribution is 2.41. The molecule has 1 aromatic carbocycles. The van der Waals surface area contributed by atoms with Crippen LogP contribution in [0.1, 0.15) is 63.9 Å². The predicted octanol–water partition coefficient (Wildman–Crippen LogP) is 6.10. The first-order valence-electron chi connectivity index (χ1n) is 9.13. The zero-order valence-electron chi connectivity index (χ0n) is 14.2. The minimum Gasteiger partial charge on any atom is -0.497 e. The molecule has 0 bridgehead atoms. The van der Waals surface area contributed by atoms with Gasteiger partial charge < -0.3 is 4.74 Å². The van der Waals surface area contributed by atoms with Crippen LogP contribution in [-0.4, -0.2) is 7.11 Å². The van der Waals surface area contributed by atoms with Gasteiger partial charge in [0.05, 0.1) is 7.11 Å². The molecule has 3 rings (SSSR count). The maximum Gasteiger partial charge on any atom is 0.118 e. The van der Waals surface area contributed by atoms with Gasteiger partial charge in [0.1, 0.15) is 5.75 Å². The molecule has 1 heteroatoms. The molecule has 1 fully saturated rings. The van der Waals surface area contributed by atoms with Crippen molar-refractivity contribution < 1.29 is 4.74 Å². The molecule has 1 nitrogen and oxygen atoms in total. The van der Waals surface area contributed by atoms with Crippen molar-refractivity contribution >= 4 is 5.57 Å². The zero-order chi connectivity index (χ0) is 15.4. The van der Waals surface area contributed by atoms with E-state index in [2.05, 4.69) is 37.3 Å². The average Bonchev–Trinajstić information content (AvgIpc) is 2.62. The molecule has 0 amide bonds. The summed E-state index contributed by atoms with van der Waals surface area (Å²) in [5.41, 5.74) is 2.93. The molecular weight excluding hydrogens is 268 g/mol. The Morgan fingerprint density at radius 2 is 1.68 bits per heavy atom. The highest BCUT2D eigenvalue weighted by molar-refractivity contribution is 5.66. The first-order chi connectivity index (χ1) is 10.8. The lowest BCUT2D eigenvalue weighted by molar-refractivity contribution is 0.192. The zero-order valence-corrected chi connectivity index (χ0v) is 14.2. The van der Waals surface area contributed by atoms with E-state index in [-0.39, 0.29) is 0 Å². The van der Waals surface area contributed by atoms with E-state index in [1.54, 1.807) is 12.7 Å². The summed E-state index contributed by atoms with van der Waals surface area (Å²) in [6.45, 7) is 2.36. The Kier molecular flexibility index (Phi) is 5.23. The van der Waals surface area contributed by atoms with E-state index in [0.717, 1.165) is 23.5 Å². The molecule has 0 spiro atoms. The number of benzene rings is 1. The van der Waals surface area contributed by atoms with Gasteiger partial charge in [-0.05, 0) is 73.1 Å². The maximum absolute atomic E-state index is 5.25. The second-order valence-corrected chi connectivity index (χ2v) is 7.18. The summed E-state index contributed by atoms with van der Waals surface area (Å²) in [4.78, 5) is 0. The van der Waals surface area contributed by atoms with Crippen molar-refractivity contribution in [2.24, 2.45) is 17.8 Å². The number of ether oxygens (including phenoxy) is 1. The van der Waals surface area contributed by atoms with Crippen LogP contribution >= 0.6 is 0 Å². The lowest BCUT2D eigenvalue weighted by atomic mass is 9.70. The van der Waals surface area contributed by atoms with Crippen LogP contribution in [0.2, 0.25) is 0 Å². The monoisotopic (exact) mass is 298 g/mol. The highest BCUT2D eigenvalue weighted by atomic mass is 16.5. The van der Waals surface area contributed by atoms with Gasteiger partial charge in [-0.3, -0.25) is 0 Å². The molecule has 1 unspecified atom stereocenters. The summed E-state index contributed by atoms with van der Waals surface area (Å²) in [6, 6.07) is 8.57. The highest BCUT2D eigenvalue weighted by Gasteiger charge is 2.28. The van der Waals surface area contributed by atoms with Crippen molar-refractivity contribution in [3.05, 3.63) is 35.9 Å². The SMILES string of the molecule is CC[C@H]1CC[C@H](C2CC=C(c3ccc(OC)cc3)CC2)CC1. The molecule has 0 radical (unpaired) electrons. The molecule has 2 aliphatic rings. The smallest absolute Gasteiger partial charge is 0.118 e. The van der Waals surface area contributed by atoms with E-state index >= 15 is 0 Å². The minimum atomic E-state index is 0.944. The quantitative estimate of drug-likeness (QED) is 0.653. The van der Waals surface area contributed by atoms with E-state index in [9.17, 15) is 0 Å². The molecule has 2 aliphatic carbocycles. The first kappa shape index (κ1) is 15.6. The molecule has 0 N–H and O–H groups in total. The minimum absolute atomic E-state index is 0.944. The van der Waals surface area contributed by atoms with E-state index in [1.165, 1.54) is 56.9 Å². The lowest BCUT2D eigenvalue weighted by Crippen LogP contribution is -2.22. The van der Waals surface area contributed by atoms with Crippen LogP contribution in [0.3, 0.4) is 0 Å². The number of rotatable bonds is 4. The average molecular weight is 298 g/mol. The molecule has 22 heavy (non-hydrogen) atoms. The molecule has 0 aromatic heterocycles. The summed E-state index contributed by atoms with van der Waals surface area (Å²) in [6.07, 6.45) is 13.8. The molecule has 0 heterocycles. The van der Waals surface area contributed by atoms with Crippen LogP contribution < -0.4 is 4.74 Å². The Morgan fingerprint density at radius 1 is 0.955 bits per heavy atom. The van der Waals surface area contributed by atoms with Crippen LogP contribution in [0.5, 0.6) is 5.75 Å².